The van der Waals surface area contributed by atoms with Crippen molar-refractivity contribution in [1.82, 2.24) is 14.5 Å². The summed E-state index contributed by atoms with van der Waals surface area (Å²) in [6.45, 7) is 13.8. The molecule has 0 spiro atoms. The van der Waals surface area contributed by atoms with Crippen LogP contribution in [0.15, 0.2) is 164 Å². The van der Waals surface area contributed by atoms with Crippen molar-refractivity contribution in [2.45, 2.75) is 59.6 Å². The van der Waals surface area contributed by atoms with E-state index in [0.717, 1.165) is 66.3 Å². The summed E-state index contributed by atoms with van der Waals surface area (Å²) in [5.74, 6) is 0.860. The normalized spacial score (nSPS) is 12.6. The van der Waals surface area contributed by atoms with Crippen molar-refractivity contribution in [2.75, 3.05) is 0 Å². The predicted octanol–water partition coefficient (Wildman–Crippen LogP) is 15.2. The number of imidazole rings is 1. The zero-order chi connectivity index (χ0) is 45.7. The Morgan fingerprint density at radius 3 is 2.17 bits per heavy atom. The van der Waals surface area contributed by atoms with E-state index in [9.17, 15) is 0 Å². The first-order valence-electron chi connectivity index (χ1n) is 22.6. The summed E-state index contributed by atoms with van der Waals surface area (Å²) < 4.78 is 27.9. The van der Waals surface area contributed by atoms with E-state index >= 15 is 0 Å². The monoisotopic (exact) mass is 1030 g/mol. The largest absolute Gasteiger partial charge is 0.333 e. The fourth-order valence-corrected chi connectivity index (χ4v) is 10.4. The number of aromatic nitrogens is 3. The summed E-state index contributed by atoms with van der Waals surface area (Å²) in [6, 6.07) is 60.8. The Kier molecular flexibility index (Phi) is 11.3. The summed E-state index contributed by atoms with van der Waals surface area (Å²) in [4.78, 5) is 9.82. The second-order valence-corrected chi connectivity index (χ2v) is 24.1. The van der Waals surface area contributed by atoms with Crippen molar-refractivity contribution in [3.63, 3.8) is 0 Å². The average Bonchev–Trinajstić information content (AvgIpc) is 3.88. The third kappa shape index (κ3) is 8.92. The first-order chi connectivity index (χ1) is 31.0. The number of hydrogen-bond donors (Lipinski definition) is 0. The van der Waals surface area contributed by atoms with Crippen molar-refractivity contribution < 1.29 is 24.2 Å². The van der Waals surface area contributed by atoms with Crippen LogP contribution in [-0.4, -0.2) is 22.6 Å². The molecule has 0 amide bonds. The van der Waals surface area contributed by atoms with Gasteiger partial charge in [0, 0.05) is 46.4 Å². The van der Waals surface area contributed by atoms with Crippen molar-refractivity contribution in [1.29, 1.82) is 0 Å². The van der Waals surface area contributed by atoms with Crippen LogP contribution in [0.2, 0.25) is 19.6 Å². The van der Waals surface area contributed by atoms with Gasteiger partial charge < -0.3 is 9.55 Å². The van der Waals surface area contributed by atoms with Crippen LogP contribution in [0, 0.1) is 25.9 Å². The van der Waals surface area contributed by atoms with Gasteiger partial charge in [-0.25, -0.2) is 0 Å². The first-order valence-corrected chi connectivity index (χ1v) is 25.5. The number of benzene rings is 7. The third-order valence-electron chi connectivity index (χ3n) is 11.5. The molecule has 0 aliphatic rings. The number of nitrogens with zero attached hydrogens (tertiary/aromatic N) is 3. The van der Waals surface area contributed by atoms with Gasteiger partial charge in [0.15, 0.2) is 0 Å². The van der Waals surface area contributed by atoms with Gasteiger partial charge in [0.2, 0.25) is 0 Å². The maximum atomic E-state index is 7.75. The minimum absolute atomic E-state index is 0. The van der Waals surface area contributed by atoms with Gasteiger partial charge >= 0.3 is 0 Å². The van der Waals surface area contributed by atoms with E-state index < -0.39 is 14.9 Å². The SMILES string of the molecule is C[Si](C)(C)c1ccc(-c2[c-]cccc2)nc1.[2H]C([2H])([2H])c1ccc(-c2ccc3c(c2)sc2c(-c4nc5ccccc5n4-c4ccc(C(C)(C)C)cc4-c4ccccc4)[c-]cc(C)c23)cc1.[Ir]. The molecule has 3 nitrogen and oxygen atoms in total. The Morgan fingerprint density at radius 2 is 1.48 bits per heavy atom. The van der Waals surface area contributed by atoms with Crippen LogP contribution < -0.4 is 5.19 Å². The van der Waals surface area contributed by atoms with E-state index in [1.807, 2.05) is 48.7 Å². The minimum atomic E-state index is -2.12. The molecule has 0 atom stereocenters. The summed E-state index contributed by atoms with van der Waals surface area (Å²) in [5, 5.41) is 3.80. The number of para-hydroxylation sites is 2. The van der Waals surface area contributed by atoms with E-state index in [1.165, 1.54) is 31.8 Å². The molecule has 0 aliphatic carbocycles. The Bertz CT molecular complexity index is 3310. The zero-order valence-electron chi connectivity index (χ0n) is 39.7. The van der Waals surface area contributed by atoms with Crippen LogP contribution >= 0.6 is 11.3 Å². The molecule has 10 aromatic rings. The number of pyridine rings is 1. The molecule has 7 aromatic carbocycles. The molecule has 3 heterocycles. The van der Waals surface area contributed by atoms with Gasteiger partial charge in [-0.3, -0.25) is 4.98 Å². The molecule has 315 valence electrons. The topological polar surface area (TPSA) is 30.7 Å². The van der Waals surface area contributed by atoms with Crippen LogP contribution in [0.4, 0.5) is 0 Å². The molecule has 0 aliphatic heterocycles. The van der Waals surface area contributed by atoms with Gasteiger partial charge in [0.1, 0.15) is 0 Å². The summed E-state index contributed by atoms with van der Waals surface area (Å²) in [5.41, 5.74) is 13.2. The van der Waals surface area contributed by atoms with Crippen molar-refractivity contribution in [3.8, 4) is 50.6 Å². The van der Waals surface area contributed by atoms with Crippen LogP contribution in [0.25, 0.3) is 81.8 Å². The van der Waals surface area contributed by atoms with Gasteiger partial charge in [-0.05, 0) is 85.8 Å². The average molecular weight is 1030 g/mol. The number of thiophene rings is 1. The number of aryl methyl sites for hydroxylation is 2. The van der Waals surface area contributed by atoms with E-state index in [2.05, 4.69) is 172 Å². The van der Waals surface area contributed by atoms with E-state index in [4.69, 9.17) is 9.10 Å². The summed E-state index contributed by atoms with van der Waals surface area (Å²) >= 11 is 1.76. The molecule has 0 saturated carbocycles. The quantitative estimate of drug-likeness (QED) is 0.123. The van der Waals surface area contributed by atoms with Crippen LogP contribution in [0.3, 0.4) is 0 Å². The second-order valence-electron chi connectivity index (χ2n) is 18.0. The maximum absolute atomic E-state index is 7.75. The molecule has 0 bridgehead atoms. The van der Waals surface area contributed by atoms with Crippen LogP contribution in [-0.2, 0) is 25.5 Å². The number of hydrogen-bond acceptors (Lipinski definition) is 3. The van der Waals surface area contributed by atoms with Crippen molar-refractivity contribution in [2.24, 2.45) is 0 Å². The standard InChI is InChI=1S/C43H35N2S.C14H16NSi.Ir/c1-27-15-18-29(19-16-27)31-20-23-33-39(25-31)46-41-34(22-17-28(2)40(33)41)42-44-36-13-9-10-14-38(36)45(42)37-24-21-32(43(3,4)5)26-35(37)30-11-7-6-8-12-30;1-16(2,3)13-9-10-14(15-11-13)12-7-5-4-6-8-12;/h6-21,23-26H,1-5H3;4-7,9-11H,1-3H3;/q2*-1;/i1D3;;. The van der Waals surface area contributed by atoms with Crippen LogP contribution in [0.5, 0.6) is 0 Å². The zero-order valence-corrected chi connectivity index (χ0v) is 40.9. The third-order valence-corrected chi connectivity index (χ3v) is 14.7. The molecule has 0 unspecified atom stereocenters. The molecule has 63 heavy (non-hydrogen) atoms. The van der Waals surface area contributed by atoms with Gasteiger partial charge in [-0.2, -0.15) is 11.3 Å². The Balaban J connectivity index is 0.000000295. The molecule has 0 fully saturated rings. The Hall–Kier alpha value is -5.75. The smallest absolute Gasteiger partial charge is 0.0795 e. The summed E-state index contributed by atoms with van der Waals surface area (Å²) in [6.07, 6.45) is 2.02. The van der Waals surface area contributed by atoms with E-state index in [0.29, 0.717) is 5.56 Å². The fraction of sp³-hybridized carbons (Fsp3) is 0.158. The molecular weight excluding hydrogens is 979 g/mol. The molecule has 10 rings (SSSR count). The molecule has 1 radical (unpaired) electrons. The molecule has 0 N–H and O–H groups in total. The second kappa shape index (κ2) is 17.8. The summed E-state index contributed by atoms with van der Waals surface area (Å²) in [7, 11) is -1.23. The molecule has 0 saturated heterocycles. The van der Waals surface area contributed by atoms with Gasteiger partial charge in [-0.15, -0.1) is 53.6 Å². The van der Waals surface area contributed by atoms with Crippen molar-refractivity contribution >= 4 is 55.8 Å². The Labute approximate surface area is 395 Å². The molecule has 6 heteroatoms. The molecule has 3 aromatic heterocycles. The van der Waals surface area contributed by atoms with E-state index in [1.54, 1.807) is 23.5 Å². The van der Waals surface area contributed by atoms with E-state index in [-0.39, 0.29) is 25.5 Å². The Morgan fingerprint density at radius 1 is 0.730 bits per heavy atom. The molecular formula is C57H51IrN3SSi-2. The first kappa shape index (κ1) is 40.0. The van der Waals surface area contributed by atoms with Gasteiger partial charge in [-0.1, -0.05) is 161 Å². The predicted molar refractivity (Wildman–Crippen MR) is 269 cm³/mol. The number of rotatable bonds is 6. The van der Waals surface area contributed by atoms with Gasteiger partial charge in [0.25, 0.3) is 0 Å². The fourth-order valence-electron chi connectivity index (χ4n) is 8.02. The minimum Gasteiger partial charge on any atom is -0.333 e. The van der Waals surface area contributed by atoms with Crippen LogP contribution in [0.1, 0.15) is 41.6 Å². The van der Waals surface area contributed by atoms with Gasteiger partial charge in [0.05, 0.1) is 24.9 Å². The maximum Gasteiger partial charge on any atom is 0.0795 e. The number of fused-ring (bicyclic) bond motifs is 4. The van der Waals surface area contributed by atoms with Crippen molar-refractivity contribution in [3.05, 3.63) is 193 Å².